The average Bonchev–Trinajstić information content (AvgIpc) is 3.07. The van der Waals surface area contributed by atoms with Crippen molar-refractivity contribution in [2.45, 2.75) is 89.1 Å². The van der Waals surface area contributed by atoms with Crippen LogP contribution in [0.5, 0.6) is 0 Å². The molecule has 5 nitrogen and oxygen atoms in total. The van der Waals surface area contributed by atoms with E-state index in [2.05, 4.69) is 8.92 Å². The first-order valence-corrected chi connectivity index (χ1v) is 13.5. The number of fused-ring (bicyclic) bond motifs is 5. The van der Waals surface area contributed by atoms with Crippen LogP contribution in [0.2, 0.25) is 0 Å². The summed E-state index contributed by atoms with van der Waals surface area (Å²) in [5.74, 6) is 0.0611. The molecule has 0 radical (unpaired) electrons. The molecule has 0 aromatic rings. The summed E-state index contributed by atoms with van der Waals surface area (Å²) in [5, 5.41) is -6.39. The van der Waals surface area contributed by atoms with Crippen LogP contribution < -0.4 is 0 Å². The second-order valence-corrected chi connectivity index (χ2v) is 12.7. The van der Waals surface area contributed by atoms with Crippen LogP contribution in [0.25, 0.3) is 0 Å². The van der Waals surface area contributed by atoms with Gasteiger partial charge in [-0.3, -0.25) is 4.79 Å². The van der Waals surface area contributed by atoms with Gasteiger partial charge in [0, 0.05) is 18.3 Å². The molecule has 37 heavy (non-hydrogen) atoms. The van der Waals surface area contributed by atoms with Gasteiger partial charge in [0.15, 0.2) is 0 Å². The van der Waals surface area contributed by atoms with Crippen molar-refractivity contribution < 1.29 is 57.3 Å². The van der Waals surface area contributed by atoms with E-state index in [0.29, 0.717) is 32.1 Å². The van der Waals surface area contributed by atoms with Crippen LogP contribution in [0, 0.1) is 34.5 Å². The highest BCUT2D eigenvalue weighted by Crippen LogP contribution is 2.65. The minimum atomic E-state index is -6.61. The Morgan fingerprint density at radius 1 is 0.946 bits per heavy atom. The topological polar surface area (TPSA) is 69.7 Å². The molecule has 0 bridgehead atoms. The summed E-state index contributed by atoms with van der Waals surface area (Å²) >= 11 is 0. The molecule has 0 amide bonds. The molecule has 212 valence electrons. The molecule has 3 fully saturated rings. The van der Waals surface area contributed by atoms with Crippen LogP contribution >= 0.6 is 0 Å². The maximum Gasteiger partial charge on any atom is 0.471 e. The number of carbonyl (C=O) groups excluding carboxylic acids is 1. The summed E-state index contributed by atoms with van der Waals surface area (Å²) in [4.78, 5) is 12.5. The molecule has 0 aliphatic heterocycles. The van der Waals surface area contributed by atoms with Crippen molar-refractivity contribution in [3.8, 4) is 0 Å². The highest BCUT2D eigenvalue weighted by Gasteiger charge is 2.73. The molecule has 0 N–H and O–H groups in total. The fourth-order valence-electron chi connectivity index (χ4n) is 7.28. The number of Topliss-reactive ketones (excluding diaryl/α,β-unsaturated/α-hetero) is 1. The lowest BCUT2D eigenvalue weighted by molar-refractivity contribution is -0.435. The summed E-state index contributed by atoms with van der Waals surface area (Å²) < 4.78 is 136. The zero-order chi connectivity index (χ0) is 27.8. The van der Waals surface area contributed by atoms with Crippen molar-refractivity contribution in [3.05, 3.63) is 11.8 Å². The lowest BCUT2D eigenvalue weighted by atomic mass is 9.46. The van der Waals surface area contributed by atoms with Crippen LogP contribution in [-0.4, -0.2) is 38.1 Å². The summed E-state index contributed by atoms with van der Waals surface area (Å²) in [6.45, 7) is 4.00. The van der Waals surface area contributed by atoms with E-state index >= 15 is 0 Å². The third-order valence-corrected chi connectivity index (χ3v) is 10.6. The molecule has 3 saturated carbocycles. The van der Waals surface area contributed by atoms with Gasteiger partial charge in [-0.2, -0.15) is 34.8 Å². The van der Waals surface area contributed by atoms with Crippen molar-refractivity contribution in [2.75, 3.05) is 0 Å². The number of ketones is 1. The number of allylic oxidation sites excluding steroid dienone is 2. The molecule has 4 aliphatic rings. The smallest absolute Gasteiger partial charge is 0.383 e. The number of alkyl halides is 8. The lowest BCUT2D eigenvalue weighted by Gasteiger charge is -2.58. The first-order chi connectivity index (χ1) is 16.8. The van der Waals surface area contributed by atoms with E-state index in [0.717, 1.165) is 12.8 Å². The molecule has 4 aliphatic carbocycles. The predicted molar refractivity (Wildman–Crippen MR) is 112 cm³/mol. The Morgan fingerprint density at radius 2 is 1.59 bits per heavy atom. The molecular weight excluding hydrogens is 540 g/mol. The van der Waals surface area contributed by atoms with Gasteiger partial charge in [-0.25, -0.2) is 13.5 Å². The first kappa shape index (κ1) is 28.6. The third-order valence-electron chi connectivity index (χ3n) is 9.34. The van der Waals surface area contributed by atoms with Gasteiger partial charge in [0.1, 0.15) is 11.5 Å². The van der Waals surface area contributed by atoms with E-state index < -0.39 is 39.8 Å². The second-order valence-electron chi connectivity index (χ2n) is 11.2. The zero-order valence-electron chi connectivity index (χ0n) is 20.1. The van der Waals surface area contributed by atoms with E-state index in [1.54, 1.807) is 0 Å². The van der Waals surface area contributed by atoms with Gasteiger partial charge in [-0.05, 0) is 73.7 Å². The largest absolute Gasteiger partial charge is 0.471 e. The van der Waals surface area contributed by atoms with Gasteiger partial charge >= 0.3 is 34.0 Å². The van der Waals surface area contributed by atoms with Crippen LogP contribution in [0.4, 0.5) is 35.1 Å². The van der Waals surface area contributed by atoms with E-state index in [4.69, 9.17) is 0 Å². The SMILES string of the molecule is C[C@]12CCC(OS(=O)(=O)C(F)(F)C(F)(F)OC(F)(F)C(F)F)=C[C@@H]1CC[C@@H]1[C@@H]2CC[C@]2(C)C(=O)CC[C@@H]12. The molecule has 0 heterocycles. The number of carbonyl (C=O) groups is 1. The number of ether oxygens (including phenoxy) is 1. The standard InChI is InChI=1S/C23H28F8O5S/c1-19-9-7-13(35-37(33,34)23(30,31)22(28,29)36-21(26,27)18(24)25)11-12(19)3-4-14-15-5-6-17(32)20(15,2)10-8-16(14)19/h11-12,14-16,18H,3-10H2,1-2H3/t12-,14-,15-,16-,19-,20-/m0/s1. The summed E-state index contributed by atoms with van der Waals surface area (Å²) in [6, 6.07) is 0. The van der Waals surface area contributed by atoms with E-state index in [1.807, 2.05) is 13.8 Å². The van der Waals surface area contributed by atoms with Crippen molar-refractivity contribution >= 4 is 15.9 Å². The molecule has 0 unspecified atom stereocenters. The van der Waals surface area contributed by atoms with E-state index in [9.17, 15) is 48.3 Å². The monoisotopic (exact) mass is 568 g/mol. The fraction of sp³-hybridized carbons (Fsp3) is 0.870. The van der Waals surface area contributed by atoms with Gasteiger partial charge in [-0.15, -0.1) is 0 Å². The van der Waals surface area contributed by atoms with Gasteiger partial charge < -0.3 is 4.18 Å². The third kappa shape index (κ3) is 4.37. The predicted octanol–water partition coefficient (Wildman–Crippen LogP) is 6.50. The molecule has 0 saturated heterocycles. The normalized spacial score (nSPS) is 37.1. The molecule has 0 aromatic carbocycles. The van der Waals surface area contributed by atoms with Gasteiger partial charge in [0.05, 0.1) is 0 Å². The van der Waals surface area contributed by atoms with Crippen molar-refractivity contribution in [1.82, 2.24) is 0 Å². The zero-order valence-corrected chi connectivity index (χ0v) is 20.9. The van der Waals surface area contributed by atoms with Crippen LogP contribution in [0.3, 0.4) is 0 Å². The van der Waals surface area contributed by atoms with Gasteiger partial charge in [0.25, 0.3) is 0 Å². The maximum absolute atomic E-state index is 14.1. The van der Waals surface area contributed by atoms with Crippen molar-refractivity contribution in [3.63, 3.8) is 0 Å². The van der Waals surface area contributed by atoms with Gasteiger partial charge in [0.2, 0.25) is 0 Å². The molecule has 6 atom stereocenters. The highest BCUT2D eigenvalue weighted by atomic mass is 32.2. The minimum Gasteiger partial charge on any atom is -0.383 e. The number of hydrogen-bond donors (Lipinski definition) is 0. The summed E-state index contributed by atoms with van der Waals surface area (Å²) in [7, 11) is -6.61. The van der Waals surface area contributed by atoms with Crippen LogP contribution in [0.15, 0.2) is 11.8 Å². The molecule has 14 heteroatoms. The number of rotatable bonds is 7. The molecule has 0 spiro atoms. The Bertz CT molecular complexity index is 1080. The maximum atomic E-state index is 14.1. The van der Waals surface area contributed by atoms with E-state index in [1.165, 1.54) is 6.08 Å². The quantitative estimate of drug-likeness (QED) is 0.259. The van der Waals surface area contributed by atoms with Crippen molar-refractivity contribution in [1.29, 1.82) is 0 Å². The Morgan fingerprint density at radius 3 is 2.22 bits per heavy atom. The van der Waals surface area contributed by atoms with Crippen LogP contribution in [0.1, 0.15) is 65.2 Å². The molecule has 4 rings (SSSR count). The first-order valence-electron chi connectivity index (χ1n) is 12.1. The minimum absolute atomic E-state index is 0.181. The lowest BCUT2D eigenvalue weighted by Crippen LogP contribution is -2.54. The highest BCUT2D eigenvalue weighted by molar-refractivity contribution is 7.88. The Kier molecular flexibility index (Phi) is 6.78. The molecular formula is C23H28F8O5S. The van der Waals surface area contributed by atoms with Crippen LogP contribution in [-0.2, 0) is 23.8 Å². The summed E-state index contributed by atoms with van der Waals surface area (Å²) in [5.41, 5.74) is -0.737. The Labute approximate surface area is 209 Å². The molecule has 0 aromatic heterocycles. The number of hydrogen-bond acceptors (Lipinski definition) is 5. The van der Waals surface area contributed by atoms with Crippen molar-refractivity contribution in [2.24, 2.45) is 34.5 Å². The Balaban J connectivity index is 1.52. The number of halogens is 8. The Hall–Kier alpha value is -1.44. The summed E-state index contributed by atoms with van der Waals surface area (Å²) in [6.07, 6.45) is -12.0. The van der Waals surface area contributed by atoms with E-state index in [-0.39, 0.29) is 46.7 Å². The fourth-order valence-corrected chi connectivity index (χ4v) is 8.14. The van der Waals surface area contributed by atoms with Gasteiger partial charge in [-0.1, -0.05) is 13.8 Å². The average molecular weight is 569 g/mol. The second kappa shape index (κ2) is 8.79.